The monoisotopic (exact) mass is 511 g/mol. The number of piperazine rings is 1. The van der Waals surface area contributed by atoms with E-state index in [4.69, 9.17) is 0 Å². The van der Waals surface area contributed by atoms with E-state index in [1.54, 1.807) is 6.20 Å². The van der Waals surface area contributed by atoms with E-state index in [1.165, 1.54) is 4.90 Å². The predicted octanol–water partition coefficient (Wildman–Crippen LogP) is 4.71. The van der Waals surface area contributed by atoms with E-state index in [0.29, 0.717) is 38.1 Å². The van der Waals surface area contributed by atoms with Crippen LogP contribution >= 0.6 is 0 Å². The number of nitrogens with zero attached hydrogens (tertiary/aromatic N) is 2. The Bertz CT molecular complexity index is 1250. The molecule has 3 heterocycles. The molecule has 0 unspecified atom stereocenters. The van der Waals surface area contributed by atoms with Crippen LogP contribution in [0.25, 0.3) is 10.9 Å². The van der Waals surface area contributed by atoms with Gasteiger partial charge in [0, 0.05) is 54.4 Å². The predicted molar refractivity (Wildman–Crippen MR) is 119 cm³/mol. The second-order valence-electron chi connectivity index (χ2n) is 9.47. The normalized spacial score (nSPS) is 23.3. The summed E-state index contributed by atoms with van der Waals surface area (Å²) in [6.07, 6.45) is -8.18. The Morgan fingerprint density at radius 2 is 1.64 bits per heavy atom. The van der Waals surface area contributed by atoms with Gasteiger partial charge in [-0.05, 0) is 42.7 Å². The van der Waals surface area contributed by atoms with Crippen molar-refractivity contribution in [3.8, 4) is 0 Å². The summed E-state index contributed by atoms with van der Waals surface area (Å²) in [6.45, 7) is 0.845. The van der Waals surface area contributed by atoms with Crippen LogP contribution in [-0.4, -0.2) is 63.6 Å². The summed E-state index contributed by atoms with van der Waals surface area (Å²) in [5.41, 5.74) is -1.95. The Hall–Kier alpha value is -3.05. The van der Waals surface area contributed by atoms with Crippen molar-refractivity contribution in [2.24, 2.45) is 0 Å². The number of aliphatic hydroxyl groups is 1. The zero-order valence-corrected chi connectivity index (χ0v) is 18.9. The topological polar surface area (TPSA) is 59.6 Å². The fourth-order valence-electron chi connectivity index (χ4n) is 5.34. The quantitative estimate of drug-likeness (QED) is 0.501. The van der Waals surface area contributed by atoms with Gasteiger partial charge in [-0.3, -0.25) is 9.69 Å². The van der Waals surface area contributed by atoms with E-state index >= 15 is 0 Å². The molecule has 2 aliphatic rings. The minimum absolute atomic E-state index is 0.0193. The van der Waals surface area contributed by atoms with Gasteiger partial charge in [-0.1, -0.05) is 18.2 Å². The lowest BCUT2D eigenvalue weighted by Crippen LogP contribution is -2.58. The van der Waals surface area contributed by atoms with E-state index < -0.39 is 47.1 Å². The van der Waals surface area contributed by atoms with Crippen LogP contribution in [-0.2, 0) is 18.8 Å². The Morgan fingerprint density at radius 3 is 2.31 bits per heavy atom. The number of nitrogens with one attached hydrogen (secondary N) is 1. The molecule has 1 aromatic heterocycles. The summed E-state index contributed by atoms with van der Waals surface area (Å²) in [4.78, 5) is 20.1. The third kappa shape index (κ3) is 4.69. The summed E-state index contributed by atoms with van der Waals surface area (Å²) >= 11 is 0. The van der Waals surface area contributed by atoms with Gasteiger partial charge >= 0.3 is 12.4 Å². The molecule has 1 amide bonds. The Labute approximate surface area is 202 Å². The van der Waals surface area contributed by atoms with Gasteiger partial charge in [0.25, 0.3) is 5.91 Å². The van der Waals surface area contributed by atoms with Crippen molar-refractivity contribution in [1.29, 1.82) is 0 Å². The van der Waals surface area contributed by atoms with Crippen LogP contribution in [0.4, 0.5) is 26.3 Å². The number of hydrogen-bond donors (Lipinski definition) is 2. The number of benzene rings is 2. The first kappa shape index (κ1) is 24.6. The summed E-state index contributed by atoms with van der Waals surface area (Å²) in [6, 6.07) is 7.76. The molecule has 2 saturated heterocycles. The van der Waals surface area contributed by atoms with Crippen molar-refractivity contribution in [3.05, 3.63) is 70.9 Å². The highest BCUT2D eigenvalue weighted by atomic mass is 19.4. The van der Waals surface area contributed by atoms with Gasteiger partial charge in [0.2, 0.25) is 0 Å². The van der Waals surface area contributed by atoms with E-state index in [-0.39, 0.29) is 18.7 Å². The lowest BCUT2D eigenvalue weighted by atomic mass is 9.97. The standard InChI is InChI=1S/C25H23F6N3O2/c26-24(27,28)16-5-14(6-17(8-16)25(29,30)31)23(36)34-12-18-9-20(35)13-33(18)11-19(34)7-15-10-32-22-4-2-1-3-21(15)22/h1-6,8,10,18-20,32,35H,7,9,11-13H2/t18-,19+,20+/m0/s1. The smallest absolute Gasteiger partial charge is 0.392 e. The van der Waals surface area contributed by atoms with Crippen LogP contribution in [0.5, 0.6) is 0 Å². The van der Waals surface area contributed by atoms with Crippen LogP contribution in [0.15, 0.2) is 48.7 Å². The molecule has 0 saturated carbocycles. The summed E-state index contributed by atoms with van der Waals surface area (Å²) in [7, 11) is 0. The van der Waals surface area contributed by atoms with Crippen LogP contribution in [0.3, 0.4) is 0 Å². The Morgan fingerprint density at radius 1 is 0.972 bits per heavy atom. The highest BCUT2D eigenvalue weighted by Gasteiger charge is 2.43. The molecular weight excluding hydrogens is 488 g/mol. The van der Waals surface area contributed by atoms with Crippen LogP contribution in [0.1, 0.15) is 33.5 Å². The number of carbonyl (C=O) groups is 1. The molecule has 0 spiro atoms. The number of hydrogen-bond acceptors (Lipinski definition) is 3. The number of fused-ring (bicyclic) bond motifs is 2. The van der Waals surface area contributed by atoms with Gasteiger partial charge in [0.05, 0.1) is 17.2 Å². The van der Waals surface area contributed by atoms with Gasteiger partial charge in [-0.2, -0.15) is 26.3 Å². The molecule has 5 nitrogen and oxygen atoms in total. The third-order valence-corrected chi connectivity index (χ3v) is 7.03. The number of para-hydroxylation sites is 1. The number of aromatic nitrogens is 1. The molecule has 2 fully saturated rings. The van der Waals surface area contributed by atoms with Gasteiger partial charge < -0.3 is 15.0 Å². The molecule has 192 valence electrons. The lowest BCUT2D eigenvalue weighted by molar-refractivity contribution is -0.143. The number of alkyl halides is 6. The van der Waals surface area contributed by atoms with Gasteiger partial charge in [-0.25, -0.2) is 0 Å². The fraction of sp³-hybridized carbons (Fsp3) is 0.400. The number of halogens is 6. The zero-order valence-electron chi connectivity index (χ0n) is 18.9. The lowest BCUT2D eigenvalue weighted by Gasteiger charge is -2.43. The summed E-state index contributed by atoms with van der Waals surface area (Å²) < 4.78 is 80.4. The SMILES string of the molecule is O=C(c1cc(C(F)(F)F)cc(C(F)(F)F)c1)N1C[C@@H]2C[C@@H](O)CN2C[C@H]1Cc1c[nH]c2ccccc12. The van der Waals surface area contributed by atoms with Crippen molar-refractivity contribution < 1.29 is 36.2 Å². The number of amides is 1. The van der Waals surface area contributed by atoms with E-state index in [2.05, 4.69) is 4.98 Å². The molecule has 0 radical (unpaired) electrons. The van der Waals surface area contributed by atoms with Gasteiger partial charge in [-0.15, -0.1) is 0 Å². The van der Waals surface area contributed by atoms with Crippen LogP contribution in [0, 0.1) is 0 Å². The van der Waals surface area contributed by atoms with Gasteiger partial charge in [0.1, 0.15) is 0 Å². The molecule has 36 heavy (non-hydrogen) atoms. The van der Waals surface area contributed by atoms with Gasteiger partial charge in [0.15, 0.2) is 0 Å². The van der Waals surface area contributed by atoms with E-state index in [0.717, 1.165) is 16.5 Å². The number of aliphatic hydroxyl groups excluding tert-OH is 1. The minimum Gasteiger partial charge on any atom is -0.392 e. The maximum Gasteiger partial charge on any atom is 0.416 e. The number of aromatic amines is 1. The average Bonchev–Trinajstić information content (AvgIpc) is 3.38. The molecule has 11 heteroatoms. The fourth-order valence-corrected chi connectivity index (χ4v) is 5.34. The largest absolute Gasteiger partial charge is 0.416 e. The molecule has 3 aromatic rings. The molecular formula is C25H23F6N3O2. The van der Waals surface area contributed by atoms with Crippen molar-refractivity contribution in [3.63, 3.8) is 0 Å². The van der Waals surface area contributed by atoms with Crippen LogP contribution < -0.4 is 0 Å². The van der Waals surface area contributed by atoms with Crippen molar-refractivity contribution in [2.45, 2.75) is 43.4 Å². The second kappa shape index (κ2) is 8.81. The zero-order chi connectivity index (χ0) is 25.8. The number of carbonyl (C=O) groups excluding carboxylic acids is 1. The first-order valence-corrected chi connectivity index (χ1v) is 11.5. The molecule has 2 aromatic carbocycles. The Balaban J connectivity index is 1.52. The highest BCUT2D eigenvalue weighted by Crippen LogP contribution is 2.37. The minimum atomic E-state index is -5.05. The first-order chi connectivity index (χ1) is 16.9. The average molecular weight is 511 g/mol. The number of H-pyrrole nitrogens is 1. The molecule has 0 aliphatic carbocycles. The Kier molecular flexibility index (Phi) is 6.03. The maximum atomic E-state index is 13.5. The maximum absolute atomic E-state index is 13.5. The molecule has 2 aliphatic heterocycles. The first-order valence-electron chi connectivity index (χ1n) is 11.5. The summed E-state index contributed by atoms with van der Waals surface area (Å²) in [5, 5.41) is 11.1. The van der Waals surface area contributed by atoms with Crippen molar-refractivity contribution in [2.75, 3.05) is 19.6 Å². The van der Waals surface area contributed by atoms with Crippen molar-refractivity contribution >= 4 is 16.8 Å². The summed E-state index contributed by atoms with van der Waals surface area (Å²) in [5.74, 6) is -0.891. The second-order valence-corrected chi connectivity index (χ2v) is 9.47. The molecule has 3 atom stereocenters. The third-order valence-electron chi connectivity index (χ3n) is 7.03. The van der Waals surface area contributed by atoms with Crippen LogP contribution in [0.2, 0.25) is 0 Å². The molecule has 2 N–H and O–H groups in total. The number of rotatable bonds is 3. The van der Waals surface area contributed by atoms with Crippen molar-refractivity contribution in [1.82, 2.24) is 14.8 Å². The van der Waals surface area contributed by atoms with E-state index in [9.17, 15) is 36.2 Å². The van der Waals surface area contributed by atoms with E-state index in [1.807, 2.05) is 29.2 Å². The molecule has 5 rings (SSSR count). The molecule has 0 bridgehead atoms. The highest BCUT2D eigenvalue weighted by molar-refractivity contribution is 5.95.